The molecule has 1 atom stereocenters. The van der Waals surface area contributed by atoms with Crippen LogP contribution in [0.5, 0.6) is 0 Å². The number of alkyl halides is 3. The molecule has 35 heavy (non-hydrogen) atoms. The summed E-state index contributed by atoms with van der Waals surface area (Å²) in [5.74, 6) is -4.24. The predicted octanol–water partition coefficient (Wildman–Crippen LogP) is 2.37. The lowest BCUT2D eigenvalue weighted by Gasteiger charge is -2.29. The summed E-state index contributed by atoms with van der Waals surface area (Å²) in [5, 5.41) is 3.18. The average molecular weight is 496 g/mol. The van der Waals surface area contributed by atoms with Crippen molar-refractivity contribution in [2.45, 2.75) is 57.2 Å². The molecular formula is C23H27F3N4O5. The van der Waals surface area contributed by atoms with Gasteiger partial charge in [0.05, 0.1) is 11.0 Å². The molecule has 2 aliphatic rings. The monoisotopic (exact) mass is 496 g/mol. The number of amides is 2. The highest BCUT2D eigenvalue weighted by atomic mass is 19.4. The Balaban J connectivity index is 1.55. The number of halogens is 3. The van der Waals surface area contributed by atoms with E-state index < -0.39 is 35.7 Å². The molecule has 2 amide bonds. The largest absolute Gasteiger partial charge is 0.493 e. The molecule has 0 bridgehead atoms. The van der Waals surface area contributed by atoms with E-state index in [9.17, 15) is 32.3 Å². The predicted molar refractivity (Wildman–Crippen MR) is 118 cm³/mol. The van der Waals surface area contributed by atoms with Gasteiger partial charge in [-0.25, -0.2) is 9.59 Å². The molecule has 1 aromatic heterocycles. The van der Waals surface area contributed by atoms with E-state index in [0.29, 0.717) is 17.0 Å². The smallest absolute Gasteiger partial charge is 0.321 e. The third-order valence-corrected chi connectivity index (χ3v) is 6.75. The van der Waals surface area contributed by atoms with Crippen LogP contribution >= 0.6 is 0 Å². The molecule has 1 unspecified atom stereocenters. The molecule has 4 rings (SSSR count). The molecule has 0 saturated carbocycles. The third-order valence-electron chi connectivity index (χ3n) is 6.75. The van der Waals surface area contributed by atoms with E-state index >= 15 is 0 Å². The standard InChI is InChI=1S/C23H27F3N4O5/c1-28-18-13-15(4-2-3-14-9-11-27-12-10-14)5-6-16(18)29(22(28)34)17-7-8-19(31)30(20(17)32)35-21(33)23(24,25)26/h5-6,13-14,17,27H,2-4,7-12H2,1H3. The number of fused-ring (bicyclic) bond motifs is 1. The van der Waals surface area contributed by atoms with Crippen LogP contribution in [0.4, 0.5) is 13.2 Å². The van der Waals surface area contributed by atoms with Gasteiger partial charge in [0.25, 0.3) is 11.8 Å². The highest BCUT2D eigenvalue weighted by Gasteiger charge is 2.47. The maximum Gasteiger partial charge on any atom is 0.493 e. The van der Waals surface area contributed by atoms with E-state index in [4.69, 9.17) is 0 Å². The second kappa shape index (κ2) is 9.84. The Morgan fingerprint density at radius 2 is 1.83 bits per heavy atom. The van der Waals surface area contributed by atoms with Crippen LogP contribution in [0.2, 0.25) is 0 Å². The quantitative estimate of drug-likeness (QED) is 0.616. The topological polar surface area (TPSA) is 103 Å². The first-order chi connectivity index (χ1) is 16.6. The number of nitrogens with one attached hydrogen (secondary N) is 1. The molecular weight excluding hydrogens is 469 g/mol. The number of carbonyl (C=O) groups excluding carboxylic acids is 3. The van der Waals surface area contributed by atoms with Crippen molar-refractivity contribution in [3.63, 3.8) is 0 Å². The molecule has 1 N–H and O–H groups in total. The molecule has 2 aliphatic heterocycles. The number of aromatic nitrogens is 2. The van der Waals surface area contributed by atoms with Gasteiger partial charge in [0.1, 0.15) is 6.04 Å². The molecule has 3 heterocycles. The molecule has 190 valence electrons. The van der Waals surface area contributed by atoms with Crippen molar-refractivity contribution >= 4 is 28.8 Å². The Bertz CT molecular complexity index is 1200. The van der Waals surface area contributed by atoms with Crippen molar-refractivity contribution in [2.75, 3.05) is 13.1 Å². The van der Waals surface area contributed by atoms with E-state index in [1.807, 2.05) is 12.1 Å². The first-order valence-electron chi connectivity index (χ1n) is 11.6. The maximum absolute atomic E-state index is 13.0. The number of imidazole rings is 1. The Hall–Kier alpha value is -3.15. The summed E-state index contributed by atoms with van der Waals surface area (Å²) in [6.45, 7) is 2.09. The van der Waals surface area contributed by atoms with Crippen LogP contribution in [0.3, 0.4) is 0 Å². The second-order valence-electron chi connectivity index (χ2n) is 9.08. The molecule has 2 aromatic rings. The number of benzene rings is 1. The summed E-state index contributed by atoms with van der Waals surface area (Å²) in [5.41, 5.74) is 1.46. The van der Waals surface area contributed by atoms with Gasteiger partial charge in [0, 0.05) is 13.5 Å². The first kappa shape index (κ1) is 25.0. The number of aryl methyl sites for hydroxylation is 2. The zero-order chi connectivity index (χ0) is 25.3. The van der Waals surface area contributed by atoms with Gasteiger partial charge in [-0.1, -0.05) is 12.5 Å². The van der Waals surface area contributed by atoms with Gasteiger partial charge in [0.15, 0.2) is 0 Å². The molecule has 9 nitrogen and oxygen atoms in total. The number of hydrogen-bond acceptors (Lipinski definition) is 6. The van der Waals surface area contributed by atoms with Crippen LogP contribution in [-0.4, -0.2) is 51.2 Å². The van der Waals surface area contributed by atoms with Crippen LogP contribution in [0, 0.1) is 5.92 Å². The Morgan fingerprint density at radius 1 is 1.11 bits per heavy atom. The second-order valence-corrected chi connectivity index (χ2v) is 9.08. The van der Waals surface area contributed by atoms with E-state index in [-0.39, 0.29) is 17.9 Å². The zero-order valence-electron chi connectivity index (χ0n) is 19.3. The Kier molecular flexibility index (Phi) is 7.02. The summed E-state index contributed by atoms with van der Waals surface area (Å²) in [4.78, 5) is 53.1. The van der Waals surface area contributed by atoms with Gasteiger partial charge in [-0.15, -0.1) is 5.06 Å². The summed E-state index contributed by atoms with van der Waals surface area (Å²) < 4.78 is 40.3. The lowest BCUT2D eigenvalue weighted by atomic mass is 9.91. The molecule has 0 aliphatic carbocycles. The summed E-state index contributed by atoms with van der Waals surface area (Å²) >= 11 is 0. The lowest BCUT2D eigenvalue weighted by molar-refractivity contribution is -0.238. The number of imide groups is 1. The number of rotatable bonds is 6. The van der Waals surface area contributed by atoms with Gasteiger partial charge in [-0.3, -0.25) is 18.7 Å². The number of carbonyl (C=O) groups is 3. The molecule has 2 saturated heterocycles. The minimum absolute atomic E-state index is 0.102. The summed E-state index contributed by atoms with van der Waals surface area (Å²) in [6.07, 6.45) is -0.545. The van der Waals surface area contributed by atoms with Gasteiger partial charge < -0.3 is 10.2 Å². The SMILES string of the molecule is Cn1c(=O)n(C2CCC(=O)N(OC(=O)C(F)(F)F)C2=O)c2ccc(CCCC3CCNCC3)cc21. The number of hydroxylamine groups is 2. The Labute approximate surface area is 198 Å². The molecule has 0 spiro atoms. The van der Waals surface area contributed by atoms with E-state index in [1.54, 1.807) is 13.1 Å². The van der Waals surface area contributed by atoms with Crippen molar-refractivity contribution in [3.8, 4) is 0 Å². The fraction of sp³-hybridized carbons (Fsp3) is 0.565. The van der Waals surface area contributed by atoms with Crippen molar-refractivity contribution < 1.29 is 32.4 Å². The zero-order valence-corrected chi connectivity index (χ0v) is 19.3. The van der Waals surface area contributed by atoms with Crippen LogP contribution in [0.25, 0.3) is 11.0 Å². The van der Waals surface area contributed by atoms with Gasteiger partial charge >= 0.3 is 17.8 Å². The van der Waals surface area contributed by atoms with Crippen LogP contribution < -0.4 is 11.0 Å². The number of hydrogen-bond donors (Lipinski definition) is 1. The van der Waals surface area contributed by atoms with E-state index in [1.165, 1.54) is 17.4 Å². The fourth-order valence-electron chi connectivity index (χ4n) is 4.84. The van der Waals surface area contributed by atoms with Crippen molar-refractivity contribution in [3.05, 3.63) is 34.2 Å². The first-order valence-corrected chi connectivity index (χ1v) is 11.6. The molecule has 12 heteroatoms. The van der Waals surface area contributed by atoms with E-state index in [2.05, 4.69) is 10.2 Å². The Morgan fingerprint density at radius 3 is 2.51 bits per heavy atom. The van der Waals surface area contributed by atoms with Crippen molar-refractivity contribution in [2.24, 2.45) is 13.0 Å². The van der Waals surface area contributed by atoms with Gasteiger partial charge in [-0.05, 0) is 68.8 Å². The van der Waals surface area contributed by atoms with Crippen LogP contribution in [0.1, 0.15) is 50.1 Å². The van der Waals surface area contributed by atoms with Gasteiger partial charge in [0.2, 0.25) is 0 Å². The van der Waals surface area contributed by atoms with Crippen LogP contribution in [0.15, 0.2) is 23.0 Å². The number of piperidine rings is 2. The molecule has 2 fully saturated rings. The van der Waals surface area contributed by atoms with Gasteiger partial charge in [-0.2, -0.15) is 13.2 Å². The molecule has 1 aromatic carbocycles. The van der Waals surface area contributed by atoms with Crippen molar-refractivity contribution in [1.29, 1.82) is 0 Å². The third kappa shape index (κ3) is 5.12. The van der Waals surface area contributed by atoms with E-state index in [0.717, 1.165) is 42.5 Å². The highest BCUT2D eigenvalue weighted by Crippen LogP contribution is 2.29. The molecule has 0 radical (unpaired) electrons. The maximum atomic E-state index is 13.0. The number of nitrogens with zero attached hydrogens (tertiary/aromatic N) is 3. The summed E-state index contributed by atoms with van der Waals surface area (Å²) in [6, 6.07) is 4.15. The minimum Gasteiger partial charge on any atom is -0.321 e. The average Bonchev–Trinajstić information content (AvgIpc) is 3.06. The fourth-order valence-corrected chi connectivity index (χ4v) is 4.84. The lowest BCUT2D eigenvalue weighted by Crippen LogP contribution is -2.49. The minimum atomic E-state index is -5.38. The van der Waals surface area contributed by atoms with Crippen molar-refractivity contribution in [1.82, 2.24) is 19.5 Å². The summed E-state index contributed by atoms with van der Waals surface area (Å²) in [7, 11) is 1.54. The highest BCUT2D eigenvalue weighted by molar-refractivity contribution is 6.00. The van der Waals surface area contributed by atoms with Crippen LogP contribution in [-0.2, 0) is 32.7 Å². The normalized spacial score (nSPS) is 20.0.